The summed E-state index contributed by atoms with van der Waals surface area (Å²) in [6.45, 7) is 8.80. The Hall–Kier alpha value is -2.64. The van der Waals surface area contributed by atoms with Crippen molar-refractivity contribution in [3.63, 3.8) is 0 Å². The molecule has 2 unspecified atom stereocenters. The summed E-state index contributed by atoms with van der Waals surface area (Å²) in [5.41, 5.74) is 0. The molecular formula is C14H18O8. The molecule has 0 amide bonds. The highest BCUT2D eigenvalue weighted by atomic mass is 16.6. The fraction of sp³-hybridized carbons (Fsp3) is 0.429. The Balaban J connectivity index is 4.12. The standard InChI is InChI=1S/C14H18O8/c1-5-11(15)19-7-9(3)21-13(17)14(18)22-10(4)8-20-12(16)6-2/h5-6,9-10H,1-2,7-8H2,3-4H3. The minimum atomic E-state index is -1.25. The topological polar surface area (TPSA) is 105 Å². The van der Waals surface area contributed by atoms with Gasteiger partial charge >= 0.3 is 23.9 Å². The van der Waals surface area contributed by atoms with E-state index < -0.39 is 36.1 Å². The molecule has 0 aliphatic rings. The van der Waals surface area contributed by atoms with Gasteiger partial charge in [-0.1, -0.05) is 13.2 Å². The average Bonchev–Trinajstić information content (AvgIpc) is 2.49. The van der Waals surface area contributed by atoms with E-state index in [9.17, 15) is 19.2 Å². The zero-order valence-electron chi connectivity index (χ0n) is 12.4. The van der Waals surface area contributed by atoms with Crippen molar-refractivity contribution in [1.82, 2.24) is 0 Å². The van der Waals surface area contributed by atoms with Crippen LogP contribution in [0.1, 0.15) is 13.8 Å². The van der Waals surface area contributed by atoms with Crippen LogP contribution < -0.4 is 0 Å². The summed E-state index contributed by atoms with van der Waals surface area (Å²) in [4.78, 5) is 44.5. The van der Waals surface area contributed by atoms with Gasteiger partial charge in [-0.15, -0.1) is 0 Å². The maximum absolute atomic E-state index is 11.4. The normalized spacial score (nSPS) is 12.3. The summed E-state index contributed by atoms with van der Waals surface area (Å²) in [6.07, 6.45) is 0.236. The predicted molar refractivity (Wildman–Crippen MR) is 73.4 cm³/mol. The lowest BCUT2D eigenvalue weighted by Crippen LogP contribution is -2.31. The molecule has 8 heteroatoms. The number of hydrogen-bond acceptors (Lipinski definition) is 8. The number of carbonyl (C=O) groups is 4. The van der Waals surface area contributed by atoms with Gasteiger partial charge in [-0.25, -0.2) is 19.2 Å². The van der Waals surface area contributed by atoms with E-state index in [4.69, 9.17) is 9.47 Å². The summed E-state index contributed by atoms with van der Waals surface area (Å²) in [5.74, 6) is -3.85. The largest absolute Gasteiger partial charge is 0.459 e. The van der Waals surface area contributed by atoms with Crippen molar-refractivity contribution in [3.8, 4) is 0 Å². The minimum Gasteiger partial charge on any atom is -0.459 e. The first kappa shape index (κ1) is 19.4. The Morgan fingerprint density at radius 3 is 1.41 bits per heavy atom. The van der Waals surface area contributed by atoms with E-state index in [0.29, 0.717) is 0 Å². The monoisotopic (exact) mass is 314 g/mol. The van der Waals surface area contributed by atoms with Gasteiger partial charge in [0.05, 0.1) is 0 Å². The summed E-state index contributed by atoms with van der Waals surface area (Å²) in [6, 6.07) is 0. The molecule has 0 aromatic heterocycles. The minimum absolute atomic E-state index is 0.226. The summed E-state index contributed by atoms with van der Waals surface area (Å²) in [7, 11) is 0. The van der Waals surface area contributed by atoms with E-state index >= 15 is 0 Å². The number of hydrogen-bond donors (Lipinski definition) is 0. The van der Waals surface area contributed by atoms with E-state index in [0.717, 1.165) is 12.2 Å². The third-order valence-corrected chi connectivity index (χ3v) is 2.04. The van der Waals surface area contributed by atoms with Gasteiger partial charge < -0.3 is 18.9 Å². The Morgan fingerprint density at radius 1 is 0.818 bits per heavy atom. The summed E-state index contributed by atoms with van der Waals surface area (Å²) in [5, 5.41) is 0. The molecule has 0 bridgehead atoms. The van der Waals surface area contributed by atoms with Crippen molar-refractivity contribution in [2.24, 2.45) is 0 Å². The maximum atomic E-state index is 11.4. The molecule has 0 aliphatic heterocycles. The maximum Gasteiger partial charge on any atom is 0.417 e. The van der Waals surface area contributed by atoms with Crippen LogP contribution >= 0.6 is 0 Å². The van der Waals surface area contributed by atoms with E-state index in [1.54, 1.807) is 0 Å². The molecular weight excluding hydrogens is 296 g/mol. The molecule has 0 saturated heterocycles. The molecule has 2 atom stereocenters. The van der Waals surface area contributed by atoms with Crippen LogP contribution in [0.5, 0.6) is 0 Å². The lowest BCUT2D eigenvalue weighted by atomic mass is 10.4. The molecule has 0 fully saturated rings. The van der Waals surface area contributed by atoms with Gasteiger partial charge in [0.25, 0.3) is 0 Å². The van der Waals surface area contributed by atoms with Crippen molar-refractivity contribution < 1.29 is 38.1 Å². The molecule has 0 saturated carbocycles. The van der Waals surface area contributed by atoms with Gasteiger partial charge in [-0.05, 0) is 13.8 Å². The third-order valence-electron chi connectivity index (χ3n) is 2.04. The number of carbonyl (C=O) groups excluding carboxylic acids is 4. The van der Waals surface area contributed by atoms with Crippen LogP contribution in [-0.2, 0) is 38.1 Å². The van der Waals surface area contributed by atoms with Crippen molar-refractivity contribution in [1.29, 1.82) is 0 Å². The molecule has 0 aromatic rings. The second-order valence-electron chi connectivity index (χ2n) is 4.10. The Morgan fingerprint density at radius 2 is 1.14 bits per heavy atom. The van der Waals surface area contributed by atoms with Crippen molar-refractivity contribution in [3.05, 3.63) is 25.3 Å². The van der Waals surface area contributed by atoms with Crippen LogP contribution in [0.4, 0.5) is 0 Å². The van der Waals surface area contributed by atoms with Gasteiger partial charge in [0.2, 0.25) is 0 Å². The Bertz CT molecular complexity index is 412. The van der Waals surface area contributed by atoms with Crippen LogP contribution in [0.3, 0.4) is 0 Å². The number of esters is 4. The third kappa shape index (κ3) is 8.51. The van der Waals surface area contributed by atoms with E-state index in [-0.39, 0.29) is 13.2 Å². The smallest absolute Gasteiger partial charge is 0.417 e. The first-order valence-corrected chi connectivity index (χ1v) is 6.30. The van der Waals surface area contributed by atoms with E-state index in [1.807, 2.05) is 0 Å². The molecule has 0 N–H and O–H groups in total. The number of rotatable bonds is 8. The van der Waals surface area contributed by atoms with E-state index in [1.165, 1.54) is 13.8 Å². The molecule has 22 heavy (non-hydrogen) atoms. The highest BCUT2D eigenvalue weighted by molar-refractivity contribution is 6.29. The quantitative estimate of drug-likeness (QED) is 0.273. The van der Waals surface area contributed by atoms with Crippen LogP contribution in [0.25, 0.3) is 0 Å². The lowest BCUT2D eigenvalue weighted by Gasteiger charge is -2.15. The van der Waals surface area contributed by atoms with Crippen LogP contribution in [0.15, 0.2) is 25.3 Å². The van der Waals surface area contributed by atoms with Gasteiger partial charge in [0.1, 0.15) is 25.4 Å². The van der Waals surface area contributed by atoms with Crippen LogP contribution in [-0.4, -0.2) is 49.3 Å². The summed E-state index contributed by atoms with van der Waals surface area (Å²) < 4.78 is 18.7. The zero-order chi connectivity index (χ0) is 17.1. The van der Waals surface area contributed by atoms with Gasteiger partial charge in [0, 0.05) is 12.2 Å². The van der Waals surface area contributed by atoms with Gasteiger partial charge in [-0.2, -0.15) is 0 Å². The zero-order valence-corrected chi connectivity index (χ0v) is 12.4. The molecule has 0 radical (unpaired) electrons. The molecule has 122 valence electrons. The molecule has 0 spiro atoms. The van der Waals surface area contributed by atoms with Crippen molar-refractivity contribution >= 4 is 23.9 Å². The molecule has 0 aromatic carbocycles. The van der Waals surface area contributed by atoms with Crippen molar-refractivity contribution in [2.75, 3.05) is 13.2 Å². The number of ether oxygens (including phenoxy) is 4. The van der Waals surface area contributed by atoms with Gasteiger partial charge in [0.15, 0.2) is 0 Å². The van der Waals surface area contributed by atoms with Gasteiger partial charge in [-0.3, -0.25) is 0 Å². The fourth-order valence-corrected chi connectivity index (χ4v) is 1.05. The SMILES string of the molecule is C=CC(=O)OCC(C)OC(=O)C(=O)OC(C)COC(=O)C=C. The highest BCUT2D eigenvalue weighted by Crippen LogP contribution is 1.99. The Kier molecular flexibility index (Phi) is 8.92. The average molecular weight is 314 g/mol. The summed E-state index contributed by atoms with van der Waals surface area (Å²) >= 11 is 0. The van der Waals surface area contributed by atoms with Crippen LogP contribution in [0.2, 0.25) is 0 Å². The second kappa shape index (κ2) is 10.1. The second-order valence-corrected chi connectivity index (χ2v) is 4.10. The van der Waals surface area contributed by atoms with Crippen molar-refractivity contribution in [2.45, 2.75) is 26.1 Å². The molecule has 8 nitrogen and oxygen atoms in total. The lowest BCUT2D eigenvalue weighted by molar-refractivity contribution is -0.177. The Labute approximate surface area is 127 Å². The predicted octanol–water partition coefficient (Wildman–Crippen LogP) is 0.308. The molecule has 0 heterocycles. The first-order chi connectivity index (χ1) is 10.3. The van der Waals surface area contributed by atoms with Crippen LogP contribution in [0, 0.1) is 0 Å². The highest BCUT2D eigenvalue weighted by Gasteiger charge is 2.23. The first-order valence-electron chi connectivity index (χ1n) is 6.30. The fourth-order valence-electron chi connectivity index (χ4n) is 1.05. The molecule has 0 rings (SSSR count). The van der Waals surface area contributed by atoms with E-state index in [2.05, 4.69) is 22.6 Å². The molecule has 0 aliphatic carbocycles.